The van der Waals surface area contributed by atoms with Crippen LogP contribution in [0.1, 0.15) is 10.5 Å². The molecule has 0 fully saturated rings. The van der Waals surface area contributed by atoms with E-state index in [0.717, 1.165) is 18.4 Å². The van der Waals surface area contributed by atoms with Crippen molar-refractivity contribution in [2.75, 3.05) is 11.8 Å². The van der Waals surface area contributed by atoms with Gasteiger partial charge in [0.2, 0.25) is 5.95 Å². The summed E-state index contributed by atoms with van der Waals surface area (Å²) in [4.78, 5) is 18.8. The zero-order valence-electron chi connectivity index (χ0n) is 9.89. The van der Waals surface area contributed by atoms with Gasteiger partial charge in [-0.1, -0.05) is 0 Å². The standard InChI is InChI=1S/C8H9N5O4S2/c1-13-8(9-3-11-13)12-19(15,16)7-5(6(14)17-2)10-4-18-7/h3-4H,1-2H3,(H,9,11,12). The number of esters is 1. The zero-order chi connectivity index (χ0) is 14.0. The minimum absolute atomic E-state index is 0.0317. The Morgan fingerprint density at radius 2 is 2.21 bits per heavy atom. The van der Waals surface area contributed by atoms with E-state index in [4.69, 9.17) is 0 Å². The number of anilines is 1. The van der Waals surface area contributed by atoms with Gasteiger partial charge in [0.15, 0.2) is 9.90 Å². The molecule has 0 amide bonds. The van der Waals surface area contributed by atoms with Crippen LogP contribution in [-0.4, -0.2) is 41.2 Å². The third-order valence-electron chi connectivity index (χ3n) is 2.09. The van der Waals surface area contributed by atoms with E-state index in [1.165, 1.54) is 23.6 Å². The molecule has 0 atom stereocenters. The van der Waals surface area contributed by atoms with Crippen molar-refractivity contribution < 1.29 is 17.9 Å². The lowest BCUT2D eigenvalue weighted by atomic mass is 10.5. The molecule has 0 saturated carbocycles. The van der Waals surface area contributed by atoms with Crippen LogP contribution < -0.4 is 4.72 Å². The Kier molecular flexibility index (Phi) is 3.48. The number of carbonyl (C=O) groups excluding carboxylic acids is 1. The van der Waals surface area contributed by atoms with Crippen molar-refractivity contribution in [2.45, 2.75) is 4.21 Å². The molecule has 2 aromatic rings. The number of carbonyl (C=O) groups is 1. The normalized spacial score (nSPS) is 11.3. The van der Waals surface area contributed by atoms with E-state index in [1.807, 2.05) is 0 Å². The number of hydrogen-bond donors (Lipinski definition) is 1. The van der Waals surface area contributed by atoms with Crippen molar-refractivity contribution in [3.05, 3.63) is 17.5 Å². The number of ether oxygens (including phenoxy) is 1. The molecule has 0 aliphatic carbocycles. The molecule has 1 N–H and O–H groups in total. The van der Waals surface area contributed by atoms with Crippen molar-refractivity contribution in [1.82, 2.24) is 19.7 Å². The Morgan fingerprint density at radius 3 is 2.79 bits per heavy atom. The van der Waals surface area contributed by atoms with Gasteiger partial charge in [-0.05, 0) is 0 Å². The first kappa shape index (κ1) is 13.4. The second-order valence-electron chi connectivity index (χ2n) is 3.29. The lowest BCUT2D eigenvalue weighted by Crippen LogP contribution is -2.18. The van der Waals surface area contributed by atoms with E-state index in [9.17, 15) is 13.2 Å². The third-order valence-corrected chi connectivity index (χ3v) is 4.79. The van der Waals surface area contributed by atoms with E-state index in [2.05, 4.69) is 24.5 Å². The molecule has 2 heterocycles. The molecule has 102 valence electrons. The molecule has 0 aliphatic heterocycles. The number of methoxy groups -OCH3 is 1. The zero-order valence-corrected chi connectivity index (χ0v) is 11.5. The first-order chi connectivity index (χ1) is 8.95. The summed E-state index contributed by atoms with van der Waals surface area (Å²) in [5, 5.41) is 3.73. The quantitative estimate of drug-likeness (QED) is 0.781. The molecule has 0 aromatic carbocycles. The minimum atomic E-state index is -3.97. The van der Waals surface area contributed by atoms with Crippen LogP contribution in [0.15, 0.2) is 16.0 Å². The Morgan fingerprint density at radius 1 is 1.47 bits per heavy atom. The van der Waals surface area contributed by atoms with Gasteiger partial charge in [0.05, 0.1) is 12.6 Å². The van der Waals surface area contributed by atoms with Gasteiger partial charge in [-0.15, -0.1) is 11.3 Å². The van der Waals surface area contributed by atoms with Gasteiger partial charge in [-0.2, -0.15) is 10.1 Å². The number of nitrogens with zero attached hydrogens (tertiary/aromatic N) is 4. The molecule has 0 spiro atoms. The first-order valence-electron chi connectivity index (χ1n) is 4.84. The second kappa shape index (κ2) is 4.93. The van der Waals surface area contributed by atoms with E-state index in [0.29, 0.717) is 0 Å². The van der Waals surface area contributed by atoms with Crippen LogP contribution in [0.3, 0.4) is 0 Å². The number of thiazole rings is 1. The number of hydrogen-bond acceptors (Lipinski definition) is 8. The second-order valence-corrected chi connectivity index (χ2v) is 6.03. The first-order valence-corrected chi connectivity index (χ1v) is 7.20. The van der Waals surface area contributed by atoms with Gasteiger partial charge in [0, 0.05) is 7.05 Å². The molecule has 19 heavy (non-hydrogen) atoms. The van der Waals surface area contributed by atoms with Gasteiger partial charge in [0.1, 0.15) is 6.33 Å². The number of sulfonamides is 1. The van der Waals surface area contributed by atoms with Crippen molar-refractivity contribution in [3.8, 4) is 0 Å². The summed E-state index contributed by atoms with van der Waals surface area (Å²) in [6.07, 6.45) is 1.20. The maximum atomic E-state index is 12.1. The fourth-order valence-electron chi connectivity index (χ4n) is 1.21. The smallest absolute Gasteiger partial charge is 0.358 e. The molecule has 2 rings (SSSR count). The summed E-state index contributed by atoms with van der Waals surface area (Å²) in [5.74, 6) is -0.788. The topological polar surface area (TPSA) is 116 Å². The third kappa shape index (κ3) is 2.56. The van der Waals surface area contributed by atoms with E-state index in [1.54, 1.807) is 0 Å². The van der Waals surface area contributed by atoms with Gasteiger partial charge in [-0.3, -0.25) is 0 Å². The van der Waals surface area contributed by atoms with Gasteiger partial charge >= 0.3 is 5.97 Å². The summed E-state index contributed by atoms with van der Waals surface area (Å²) >= 11 is 0.808. The van der Waals surface area contributed by atoms with Gasteiger partial charge in [-0.25, -0.2) is 27.6 Å². The maximum Gasteiger partial charge on any atom is 0.358 e. The summed E-state index contributed by atoms with van der Waals surface area (Å²) < 4.78 is 31.9. The summed E-state index contributed by atoms with van der Waals surface area (Å²) in [7, 11) is -1.29. The van der Waals surface area contributed by atoms with Crippen molar-refractivity contribution in [2.24, 2.45) is 7.05 Å². The van der Waals surface area contributed by atoms with Crippen LogP contribution in [0.5, 0.6) is 0 Å². The number of aryl methyl sites for hydroxylation is 1. The monoisotopic (exact) mass is 303 g/mol. The number of nitrogens with one attached hydrogen (secondary N) is 1. The molecule has 0 unspecified atom stereocenters. The summed E-state index contributed by atoms with van der Waals surface area (Å²) in [5.41, 5.74) is 0.986. The highest BCUT2D eigenvalue weighted by Crippen LogP contribution is 2.22. The molecule has 0 bridgehead atoms. The Labute approximate surface area is 112 Å². The van der Waals surface area contributed by atoms with E-state index < -0.39 is 16.0 Å². The van der Waals surface area contributed by atoms with Gasteiger partial charge < -0.3 is 4.74 Å². The van der Waals surface area contributed by atoms with Gasteiger partial charge in [0.25, 0.3) is 10.0 Å². The Hall–Kier alpha value is -2.01. The molecule has 9 nitrogen and oxygen atoms in total. The fourth-order valence-corrected chi connectivity index (χ4v) is 3.38. The van der Waals surface area contributed by atoms with Crippen molar-refractivity contribution >= 4 is 33.3 Å². The van der Waals surface area contributed by atoms with Crippen LogP contribution >= 0.6 is 11.3 Å². The van der Waals surface area contributed by atoms with Crippen molar-refractivity contribution in [3.63, 3.8) is 0 Å². The molecular formula is C8H9N5O4S2. The molecule has 0 saturated heterocycles. The number of aromatic nitrogens is 4. The fraction of sp³-hybridized carbons (Fsp3) is 0.250. The Balaban J connectivity index is 2.38. The predicted molar refractivity (Wildman–Crippen MR) is 65.3 cm³/mol. The molecule has 0 radical (unpaired) electrons. The molecular weight excluding hydrogens is 294 g/mol. The predicted octanol–water partition coefficient (Wildman–Crippen LogP) is -0.141. The van der Waals surface area contributed by atoms with Crippen LogP contribution in [0.4, 0.5) is 5.95 Å². The highest BCUT2D eigenvalue weighted by molar-refractivity contribution is 7.94. The highest BCUT2D eigenvalue weighted by atomic mass is 32.2. The SMILES string of the molecule is COC(=O)c1ncsc1S(=O)(=O)Nc1ncnn1C. The molecule has 2 aromatic heterocycles. The van der Waals surface area contributed by atoms with Crippen molar-refractivity contribution in [1.29, 1.82) is 0 Å². The average Bonchev–Trinajstić information content (AvgIpc) is 2.98. The average molecular weight is 303 g/mol. The van der Waals surface area contributed by atoms with E-state index >= 15 is 0 Å². The minimum Gasteiger partial charge on any atom is -0.464 e. The number of rotatable bonds is 4. The van der Waals surface area contributed by atoms with Crippen LogP contribution in [0, 0.1) is 0 Å². The highest BCUT2D eigenvalue weighted by Gasteiger charge is 2.27. The Bertz CT molecular complexity index is 704. The van der Waals surface area contributed by atoms with Crippen LogP contribution in [-0.2, 0) is 21.8 Å². The summed E-state index contributed by atoms with van der Waals surface area (Å²) in [6.45, 7) is 0. The molecule has 0 aliphatic rings. The molecule has 11 heteroatoms. The van der Waals surface area contributed by atoms with Crippen LogP contribution in [0.25, 0.3) is 0 Å². The lowest BCUT2D eigenvalue weighted by Gasteiger charge is -2.05. The van der Waals surface area contributed by atoms with Crippen LogP contribution in [0.2, 0.25) is 0 Å². The summed E-state index contributed by atoms with van der Waals surface area (Å²) in [6, 6.07) is 0. The van der Waals surface area contributed by atoms with E-state index in [-0.39, 0.29) is 15.9 Å². The lowest BCUT2D eigenvalue weighted by molar-refractivity contribution is 0.0590. The largest absolute Gasteiger partial charge is 0.464 e. The maximum absolute atomic E-state index is 12.1.